The molecule has 0 heterocycles. The van der Waals surface area contributed by atoms with Crippen LogP contribution in [0.25, 0.3) is 0 Å². The molecule has 0 bridgehead atoms. The van der Waals surface area contributed by atoms with Crippen molar-refractivity contribution in [1.82, 2.24) is 5.32 Å². The number of nitrogens with one attached hydrogen (secondary N) is 1. The van der Waals surface area contributed by atoms with E-state index < -0.39 is 0 Å². The molecule has 0 saturated carbocycles. The number of thioether (sulfide) groups is 1. The van der Waals surface area contributed by atoms with Gasteiger partial charge in [-0.1, -0.05) is 19.9 Å². The normalized spacial score (nSPS) is 10.8. The van der Waals surface area contributed by atoms with Gasteiger partial charge in [0, 0.05) is 4.90 Å². The molecule has 1 aromatic rings. The molecule has 1 rings (SSSR count). The predicted molar refractivity (Wildman–Crippen MR) is 76.0 cm³/mol. The summed E-state index contributed by atoms with van der Waals surface area (Å²) in [5.74, 6) is 2.83. The lowest BCUT2D eigenvalue weighted by Crippen LogP contribution is -2.21. The highest BCUT2D eigenvalue weighted by molar-refractivity contribution is 7.99. The van der Waals surface area contributed by atoms with E-state index in [1.54, 1.807) is 7.11 Å². The summed E-state index contributed by atoms with van der Waals surface area (Å²) in [6.45, 7) is 6.69. The molecule has 96 valence electrons. The van der Waals surface area contributed by atoms with E-state index in [1.165, 1.54) is 11.3 Å². The highest BCUT2D eigenvalue weighted by atomic mass is 32.2. The molecule has 0 unspecified atom stereocenters. The van der Waals surface area contributed by atoms with Crippen LogP contribution in [0, 0.1) is 5.92 Å². The predicted octanol–water partition coefficient (Wildman–Crippen LogP) is 3.42. The van der Waals surface area contributed by atoms with E-state index in [0.29, 0.717) is 0 Å². The van der Waals surface area contributed by atoms with E-state index in [0.717, 1.165) is 30.5 Å². The Labute approximate surface area is 109 Å². The zero-order valence-corrected chi connectivity index (χ0v) is 11.8. The van der Waals surface area contributed by atoms with Crippen molar-refractivity contribution < 1.29 is 4.74 Å². The smallest absolute Gasteiger partial charge is 0.119 e. The van der Waals surface area contributed by atoms with Crippen molar-refractivity contribution in [3.8, 4) is 5.75 Å². The molecule has 0 aliphatic rings. The van der Waals surface area contributed by atoms with Gasteiger partial charge in [0.1, 0.15) is 5.75 Å². The number of rotatable bonds is 8. The Balaban J connectivity index is 2.13. The highest BCUT2D eigenvalue weighted by Gasteiger charge is 1.97. The van der Waals surface area contributed by atoms with Gasteiger partial charge in [-0.15, -0.1) is 11.8 Å². The molecule has 0 spiro atoms. The van der Waals surface area contributed by atoms with E-state index in [1.807, 2.05) is 23.9 Å². The molecule has 3 heteroatoms. The monoisotopic (exact) mass is 253 g/mol. The first-order valence-corrected chi connectivity index (χ1v) is 7.18. The van der Waals surface area contributed by atoms with Crippen LogP contribution < -0.4 is 10.1 Å². The van der Waals surface area contributed by atoms with Gasteiger partial charge in [-0.25, -0.2) is 0 Å². The highest BCUT2D eigenvalue weighted by Crippen LogP contribution is 2.22. The average molecular weight is 253 g/mol. The third-order valence-corrected chi connectivity index (χ3v) is 3.44. The van der Waals surface area contributed by atoms with Gasteiger partial charge in [-0.05, 0) is 49.4 Å². The van der Waals surface area contributed by atoms with Crippen LogP contribution in [-0.2, 0) is 0 Å². The lowest BCUT2D eigenvalue weighted by Gasteiger charge is -2.07. The summed E-state index contributed by atoms with van der Waals surface area (Å²) in [5.41, 5.74) is 0. The minimum absolute atomic E-state index is 0.737. The van der Waals surface area contributed by atoms with Gasteiger partial charge in [-0.2, -0.15) is 0 Å². The summed E-state index contributed by atoms with van der Waals surface area (Å²) in [7, 11) is 1.71. The SMILES string of the molecule is COc1cccc(SCCCNCC(C)C)c1. The molecule has 1 N–H and O–H groups in total. The van der Waals surface area contributed by atoms with Crippen LogP contribution >= 0.6 is 11.8 Å². The van der Waals surface area contributed by atoms with Crippen LogP contribution in [0.1, 0.15) is 20.3 Å². The Morgan fingerprint density at radius 1 is 1.35 bits per heavy atom. The maximum absolute atomic E-state index is 5.20. The van der Waals surface area contributed by atoms with Crippen LogP contribution in [0.5, 0.6) is 5.75 Å². The van der Waals surface area contributed by atoms with Crippen molar-refractivity contribution in [3.05, 3.63) is 24.3 Å². The van der Waals surface area contributed by atoms with Gasteiger partial charge >= 0.3 is 0 Å². The summed E-state index contributed by atoms with van der Waals surface area (Å²) in [6, 6.07) is 8.24. The van der Waals surface area contributed by atoms with Crippen molar-refractivity contribution in [2.75, 3.05) is 26.0 Å². The first-order valence-electron chi connectivity index (χ1n) is 6.20. The summed E-state index contributed by atoms with van der Waals surface area (Å²) in [5, 5.41) is 3.46. The number of benzene rings is 1. The number of methoxy groups -OCH3 is 1. The lowest BCUT2D eigenvalue weighted by molar-refractivity contribution is 0.413. The molecule has 0 aromatic heterocycles. The maximum atomic E-state index is 5.20. The lowest BCUT2D eigenvalue weighted by atomic mass is 10.2. The standard InChI is InChI=1S/C14H23NOS/c1-12(2)11-15-8-5-9-17-14-7-4-6-13(10-14)16-3/h4,6-7,10,12,15H,5,8-9,11H2,1-3H3. The van der Waals surface area contributed by atoms with Gasteiger partial charge in [-0.3, -0.25) is 0 Å². The summed E-state index contributed by atoms with van der Waals surface area (Å²) in [6.07, 6.45) is 1.20. The van der Waals surface area contributed by atoms with Gasteiger partial charge in [0.15, 0.2) is 0 Å². The minimum Gasteiger partial charge on any atom is -0.497 e. The van der Waals surface area contributed by atoms with E-state index in [4.69, 9.17) is 4.74 Å². The maximum Gasteiger partial charge on any atom is 0.119 e. The fraction of sp³-hybridized carbons (Fsp3) is 0.571. The van der Waals surface area contributed by atoms with Crippen LogP contribution in [0.4, 0.5) is 0 Å². The molecule has 17 heavy (non-hydrogen) atoms. The van der Waals surface area contributed by atoms with Gasteiger partial charge in [0.2, 0.25) is 0 Å². The summed E-state index contributed by atoms with van der Waals surface area (Å²) >= 11 is 1.89. The number of hydrogen-bond acceptors (Lipinski definition) is 3. The minimum atomic E-state index is 0.737. The first kappa shape index (κ1) is 14.4. The largest absolute Gasteiger partial charge is 0.497 e. The number of ether oxygens (including phenoxy) is 1. The third-order valence-electron chi connectivity index (χ3n) is 2.36. The molecule has 0 amide bonds. The first-order chi connectivity index (χ1) is 8.22. The van der Waals surface area contributed by atoms with Crippen LogP contribution in [0.15, 0.2) is 29.2 Å². The molecule has 0 aliphatic heterocycles. The topological polar surface area (TPSA) is 21.3 Å². The molecule has 0 saturated heterocycles. The number of hydrogen-bond donors (Lipinski definition) is 1. The van der Waals surface area contributed by atoms with Crippen molar-refractivity contribution in [1.29, 1.82) is 0 Å². The molecule has 0 fully saturated rings. The Morgan fingerprint density at radius 3 is 2.88 bits per heavy atom. The van der Waals surface area contributed by atoms with Gasteiger partial charge in [0.05, 0.1) is 7.11 Å². The van der Waals surface area contributed by atoms with Gasteiger partial charge < -0.3 is 10.1 Å². The molecular formula is C14H23NOS. The van der Waals surface area contributed by atoms with E-state index in [9.17, 15) is 0 Å². The van der Waals surface area contributed by atoms with Crippen molar-refractivity contribution in [3.63, 3.8) is 0 Å². The molecule has 0 radical (unpaired) electrons. The second-order valence-corrected chi connectivity index (χ2v) is 5.65. The summed E-state index contributed by atoms with van der Waals surface area (Å²) in [4.78, 5) is 1.29. The molecule has 2 nitrogen and oxygen atoms in total. The molecule has 1 aromatic carbocycles. The van der Waals surface area contributed by atoms with Crippen LogP contribution in [0.2, 0.25) is 0 Å². The zero-order chi connectivity index (χ0) is 12.5. The molecule has 0 aliphatic carbocycles. The zero-order valence-electron chi connectivity index (χ0n) is 11.0. The quantitative estimate of drug-likeness (QED) is 0.566. The van der Waals surface area contributed by atoms with Gasteiger partial charge in [0.25, 0.3) is 0 Å². The van der Waals surface area contributed by atoms with E-state index >= 15 is 0 Å². The van der Waals surface area contributed by atoms with Crippen LogP contribution in [-0.4, -0.2) is 26.0 Å². The average Bonchev–Trinajstić information content (AvgIpc) is 2.33. The fourth-order valence-electron chi connectivity index (χ4n) is 1.47. The Morgan fingerprint density at radius 2 is 2.18 bits per heavy atom. The Hall–Kier alpha value is -0.670. The molecular weight excluding hydrogens is 230 g/mol. The van der Waals surface area contributed by atoms with Crippen molar-refractivity contribution >= 4 is 11.8 Å². The Bertz CT molecular complexity index is 315. The van der Waals surface area contributed by atoms with E-state index in [2.05, 4.69) is 31.3 Å². The van der Waals surface area contributed by atoms with E-state index in [-0.39, 0.29) is 0 Å². The van der Waals surface area contributed by atoms with Crippen molar-refractivity contribution in [2.45, 2.75) is 25.2 Å². The Kier molecular flexibility index (Phi) is 7.13. The van der Waals surface area contributed by atoms with Crippen LogP contribution in [0.3, 0.4) is 0 Å². The molecule has 0 atom stereocenters. The second-order valence-electron chi connectivity index (χ2n) is 4.48. The second kappa shape index (κ2) is 8.43. The third kappa shape index (κ3) is 6.59. The van der Waals surface area contributed by atoms with Crippen molar-refractivity contribution in [2.24, 2.45) is 5.92 Å². The summed E-state index contributed by atoms with van der Waals surface area (Å²) < 4.78 is 5.20. The fourth-order valence-corrected chi connectivity index (χ4v) is 2.37.